The molecule has 0 bridgehead atoms. The maximum atomic E-state index is 5.67. The lowest BCUT2D eigenvalue weighted by molar-refractivity contribution is 0.350. The molecule has 5 heteroatoms. The molecule has 4 nitrogen and oxygen atoms in total. The second kappa shape index (κ2) is 8.17. The Morgan fingerprint density at radius 3 is 2.30 bits per heavy atom. The zero-order valence-corrected chi connectivity index (χ0v) is 17.3. The maximum absolute atomic E-state index is 5.67. The summed E-state index contributed by atoms with van der Waals surface area (Å²) in [6.45, 7) is 4.19. The van der Waals surface area contributed by atoms with E-state index in [1.54, 1.807) is 14.2 Å². The van der Waals surface area contributed by atoms with Crippen LogP contribution in [-0.4, -0.2) is 19.3 Å². The number of hydrogen-bond acceptors (Lipinski definition) is 3. The van der Waals surface area contributed by atoms with Crippen molar-refractivity contribution in [1.82, 2.24) is 5.32 Å². The molecule has 0 spiro atoms. The predicted octanol–water partition coefficient (Wildman–Crippen LogP) is 5.08. The van der Waals surface area contributed by atoms with E-state index < -0.39 is 0 Å². The minimum atomic E-state index is -0.178. The largest absolute Gasteiger partial charge is 0.493 e. The SMILES string of the molecule is COc1ccc(C2(NC(=S)Nc3ccc(C)cc3C)CCCC2)cc1OC. The highest BCUT2D eigenvalue weighted by Gasteiger charge is 2.37. The van der Waals surface area contributed by atoms with Crippen LogP contribution in [0.25, 0.3) is 0 Å². The summed E-state index contributed by atoms with van der Waals surface area (Å²) in [4.78, 5) is 0. The second-order valence-corrected chi connectivity index (χ2v) is 7.66. The third kappa shape index (κ3) is 4.19. The van der Waals surface area contributed by atoms with Crippen LogP contribution in [0.4, 0.5) is 5.69 Å². The molecule has 0 atom stereocenters. The highest BCUT2D eigenvalue weighted by Crippen LogP contribution is 2.41. The maximum Gasteiger partial charge on any atom is 0.171 e. The Balaban J connectivity index is 1.83. The molecule has 0 aliphatic heterocycles. The van der Waals surface area contributed by atoms with Crippen LogP contribution < -0.4 is 20.1 Å². The summed E-state index contributed by atoms with van der Waals surface area (Å²) in [7, 11) is 3.33. The van der Waals surface area contributed by atoms with Crippen LogP contribution in [0.1, 0.15) is 42.4 Å². The van der Waals surface area contributed by atoms with E-state index in [1.807, 2.05) is 6.07 Å². The number of nitrogens with one attached hydrogen (secondary N) is 2. The molecular weight excluding hydrogens is 356 g/mol. The molecule has 3 rings (SSSR count). The van der Waals surface area contributed by atoms with Crippen LogP contribution in [0.5, 0.6) is 11.5 Å². The number of anilines is 1. The fourth-order valence-electron chi connectivity index (χ4n) is 3.92. The number of methoxy groups -OCH3 is 2. The fraction of sp³-hybridized carbons (Fsp3) is 0.409. The Labute approximate surface area is 167 Å². The van der Waals surface area contributed by atoms with Crippen LogP contribution in [0, 0.1) is 13.8 Å². The van der Waals surface area contributed by atoms with Gasteiger partial charge in [0.2, 0.25) is 0 Å². The van der Waals surface area contributed by atoms with Crippen LogP contribution in [0.3, 0.4) is 0 Å². The van der Waals surface area contributed by atoms with Crippen molar-refractivity contribution in [1.29, 1.82) is 0 Å². The molecule has 144 valence electrons. The van der Waals surface area contributed by atoms with Crippen molar-refractivity contribution in [2.75, 3.05) is 19.5 Å². The van der Waals surface area contributed by atoms with E-state index in [4.69, 9.17) is 21.7 Å². The number of thiocarbonyl (C=S) groups is 1. The summed E-state index contributed by atoms with van der Waals surface area (Å²) in [6.07, 6.45) is 4.43. The molecule has 0 radical (unpaired) electrons. The summed E-state index contributed by atoms with van der Waals surface area (Å²) in [5.41, 5.74) is 4.48. The van der Waals surface area contributed by atoms with Gasteiger partial charge in [-0.25, -0.2) is 0 Å². The fourth-order valence-corrected chi connectivity index (χ4v) is 4.23. The molecule has 2 aromatic carbocycles. The highest BCUT2D eigenvalue weighted by molar-refractivity contribution is 7.80. The zero-order valence-electron chi connectivity index (χ0n) is 16.5. The predicted molar refractivity (Wildman–Crippen MR) is 115 cm³/mol. The van der Waals surface area contributed by atoms with E-state index in [0.29, 0.717) is 5.11 Å². The van der Waals surface area contributed by atoms with Gasteiger partial charge in [-0.15, -0.1) is 0 Å². The first-order valence-electron chi connectivity index (χ1n) is 9.36. The lowest BCUT2D eigenvalue weighted by atomic mass is 9.88. The second-order valence-electron chi connectivity index (χ2n) is 7.26. The van der Waals surface area contributed by atoms with Gasteiger partial charge in [-0.1, -0.05) is 36.6 Å². The Morgan fingerprint density at radius 2 is 1.67 bits per heavy atom. The van der Waals surface area contributed by atoms with Crippen LogP contribution >= 0.6 is 12.2 Å². The quantitative estimate of drug-likeness (QED) is 0.704. The van der Waals surface area contributed by atoms with E-state index in [1.165, 1.54) is 29.5 Å². The normalized spacial score (nSPS) is 15.3. The van der Waals surface area contributed by atoms with Gasteiger partial charge in [0, 0.05) is 5.69 Å². The average molecular weight is 385 g/mol. The van der Waals surface area contributed by atoms with Crippen molar-refractivity contribution in [2.24, 2.45) is 0 Å². The number of benzene rings is 2. The lowest BCUT2D eigenvalue weighted by Crippen LogP contribution is -2.45. The minimum Gasteiger partial charge on any atom is -0.493 e. The molecule has 0 heterocycles. The molecule has 2 aromatic rings. The number of ether oxygens (including phenoxy) is 2. The number of aryl methyl sites for hydroxylation is 2. The molecule has 1 saturated carbocycles. The monoisotopic (exact) mass is 384 g/mol. The summed E-state index contributed by atoms with van der Waals surface area (Å²) < 4.78 is 10.9. The first-order valence-corrected chi connectivity index (χ1v) is 9.77. The molecule has 0 unspecified atom stereocenters. The zero-order chi connectivity index (χ0) is 19.4. The molecule has 0 aromatic heterocycles. The van der Waals surface area contributed by atoms with Crippen LogP contribution in [-0.2, 0) is 5.54 Å². The van der Waals surface area contributed by atoms with Crippen molar-refractivity contribution in [3.05, 3.63) is 53.1 Å². The summed E-state index contributed by atoms with van der Waals surface area (Å²) in [5, 5.41) is 7.64. The highest BCUT2D eigenvalue weighted by atomic mass is 32.1. The van der Waals surface area contributed by atoms with Crippen molar-refractivity contribution < 1.29 is 9.47 Å². The van der Waals surface area contributed by atoms with Gasteiger partial charge in [-0.3, -0.25) is 0 Å². The first kappa shape index (κ1) is 19.5. The summed E-state index contributed by atoms with van der Waals surface area (Å²) >= 11 is 5.67. The third-order valence-electron chi connectivity index (χ3n) is 5.38. The van der Waals surface area contributed by atoms with E-state index in [2.05, 4.69) is 54.8 Å². The summed E-state index contributed by atoms with van der Waals surface area (Å²) in [5.74, 6) is 1.49. The van der Waals surface area contributed by atoms with Crippen LogP contribution in [0.2, 0.25) is 0 Å². The standard InChI is InChI=1S/C22H28N2O2S/c1-15-7-9-18(16(2)13-15)23-21(27)24-22(11-5-6-12-22)17-8-10-19(25-3)20(14-17)26-4/h7-10,13-14H,5-6,11-12H2,1-4H3,(H2,23,24,27). The molecule has 0 saturated heterocycles. The number of hydrogen-bond donors (Lipinski definition) is 2. The van der Waals surface area contributed by atoms with Gasteiger partial charge in [-0.2, -0.15) is 0 Å². The molecular formula is C22H28N2O2S. The Bertz CT molecular complexity index is 829. The third-order valence-corrected chi connectivity index (χ3v) is 5.58. The Morgan fingerprint density at radius 1 is 0.963 bits per heavy atom. The van der Waals surface area contributed by atoms with Crippen molar-refractivity contribution >= 4 is 23.0 Å². The molecule has 0 amide bonds. The first-order chi connectivity index (χ1) is 13.0. The lowest BCUT2D eigenvalue weighted by Gasteiger charge is -2.33. The van der Waals surface area contributed by atoms with Crippen molar-refractivity contribution in [3.63, 3.8) is 0 Å². The van der Waals surface area contributed by atoms with Gasteiger partial charge in [0.15, 0.2) is 16.6 Å². The summed E-state index contributed by atoms with van der Waals surface area (Å²) in [6, 6.07) is 12.5. The van der Waals surface area contributed by atoms with Crippen molar-refractivity contribution in [2.45, 2.75) is 45.1 Å². The van der Waals surface area contributed by atoms with E-state index >= 15 is 0 Å². The van der Waals surface area contributed by atoms with Gasteiger partial charge in [-0.05, 0) is 68.2 Å². The van der Waals surface area contributed by atoms with Gasteiger partial charge in [0.25, 0.3) is 0 Å². The molecule has 2 N–H and O–H groups in total. The van der Waals surface area contributed by atoms with E-state index in [0.717, 1.165) is 30.0 Å². The molecule has 27 heavy (non-hydrogen) atoms. The van der Waals surface area contributed by atoms with E-state index in [9.17, 15) is 0 Å². The van der Waals surface area contributed by atoms with Crippen molar-refractivity contribution in [3.8, 4) is 11.5 Å². The van der Waals surface area contributed by atoms with E-state index in [-0.39, 0.29) is 5.54 Å². The van der Waals surface area contributed by atoms with Gasteiger partial charge in [0.1, 0.15) is 0 Å². The van der Waals surface area contributed by atoms with Gasteiger partial charge in [0.05, 0.1) is 19.8 Å². The minimum absolute atomic E-state index is 0.178. The smallest absolute Gasteiger partial charge is 0.171 e. The van der Waals surface area contributed by atoms with Crippen LogP contribution in [0.15, 0.2) is 36.4 Å². The average Bonchev–Trinajstić information content (AvgIpc) is 3.13. The molecule has 1 aliphatic carbocycles. The molecule has 1 aliphatic rings. The number of rotatable bonds is 5. The van der Waals surface area contributed by atoms with Gasteiger partial charge < -0.3 is 20.1 Å². The molecule has 1 fully saturated rings. The topological polar surface area (TPSA) is 42.5 Å². The Kier molecular flexibility index (Phi) is 5.90. The Hall–Kier alpha value is -2.27. The van der Waals surface area contributed by atoms with Gasteiger partial charge >= 0.3 is 0 Å².